The Morgan fingerprint density at radius 1 is 1.11 bits per heavy atom. The highest BCUT2D eigenvalue weighted by molar-refractivity contribution is 6.00. The van der Waals surface area contributed by atoms with E-state index in [4.69, 9.17) is 10.8 Å². The molecule has 1 saturated carbocycles. The molecule has 3 aliphatic rings. The zero-order chi connectivity index (χ0) is 33.4. The number of piperazine rings is 1. The molecule has 12 nitrogen and oxygen atoms in total. The van der Waals surface area contributed by atoms with Crippen molar-refractivity contribution in [2.75, 3.05) is 44.2 Å². The predicted molar refractivity (Wildman–Crippen MR) is 168 cm³/mol. The largest absolute Gasteiger partial charge is 0.444 e. The summed E-state index contributed by atoms with van der Waals surface area (Å²) in [4.78, 5) is 53.7. The van der Waals surface area contributed by atoms with Crippen molar-refractivity contribution in [3.05, 3.63) is 28.4 Å². The average molecular weight is 632 g/mol. The van der Waals surface area contributed by atoms with Crippen LogP contribution in [0.4, 0.5) is 14.9 Å². The lowest BCUT2D eigenvalue weighted by atomic mass is 9.87. The van der Waals surface area contributed by atoms with Crippen LogP contribution in [0.5, 0.6) is 0 Å². The van der Waals surface area contributed by atoms with Gasteiger partial charge in [0.1, 0.15) is 17.2 Å². The van der Waals surface area contributed by atoms with Crippen LogP contribution in [0.1, 0.15) is 73.6 Å². The molecule has 2 unspecified atom stereocenters. The van der Waals surface area contributed by atoms with Crippen molar-refractivity contribution in [2.45, 2.75) is 90.0 Å². The molecule has 2 saturated heterocycles. The Balaban J connectivity index is 1.11. The van der Waals surface area contributed by atoms with Crippen LogP contribution in [0.3, 0.4) is 0 Å². The van der Waals surface area contributed by atoms with E-state index in [1.54, 1.807) is 39.8 Å². The van der Waals surface area contributed by atoms with E-state index in [1.165, 1.54) is 16.2 Å². The number of benzene rings is 1. The molecule has 2 atom stereocenters. The molecule has 13 heteroatoms. The number of hydrogen-bond acceptors (Lipinski definition) is 8. The number of alkyl carbamates (subject to hydrolysis) is 1. The number of nitrogens with zero attached hydrogens (tertiary/aromatic N) is 4. The maximum absolute atomic E-state index is 16.0. The Labute approximate surface area is 264 Å². The van der Waals surface area contributed by atoms with Crippen molar-refractivity contribution in [3.8, 4) is 0 Å². The third-order valence-electron chi connectivity index (χ3n) is 8.96. The fourth-order valence-electron chi connectivity index (χ4n) is 6.67. The Morgan fingerprint density at radius 3 is 2.44 bits per heavy atom. The van der Waals surface area contributed by atoms with Crippen molar-refractivity contribution in [1.29, 1.82) is 0 Å². The van der Waals surface area contributed by atoms with Crippen LogP contribution >= 0.6 is 0 Å². The number of halogens is 1. The molecule has 0 radical (unpaired) electrons. The van der Waals surface area contributed by atoms with Crippen molar-refractivity contribution < 1.29 is 29.6 Å². The number of hydrogen-bond donors (Lipinski definition) is 2. The number of aromatic nitrogens is 2. The molecule has 5 rings (SSSR count). The lowest BCUT2D eigenvalue weighted by Gasteiger charge is -2.39. The summed E-state index contributed by atoms with van der Waals surface area (Å²) in [7, 11) is 1.50. The molecular formula is C32H47FN6O6. The van der Waals surface area contributed by atoms with Crippen molar-refractivity contribution in [2.24, 2.45) is 13.0 Å². The topological polar surface area (TPSA) is 127 Å². The summed E-state index contributed by atoms with van der Waals surface area (Å²) >= 11 is 0. The maximum Gasteiger partial charge on any atom is 0.407 e. The first-order valence-corrected chi connectivity index (χ1v) is 15.9. The van der Waals surface area contributed by atoms with E-state index in [9.17, 15) is 19.2 Å². The third kappa shape index (κ3) is 7.69. The minimum atomic E-state index is -1.28. The first-order chi connectivity index (χ1) is 21.6. The van der Waals surface area contributed by atoms with E-state index in [1.807, 2.05) is 4.90 Å². The summed E-state index contributed by atoms with van der Waals surface area (Å²) < 4.78 is 38.2. The molecule has 248 valence electrons. The summed E-state index contributed by atoms with van der Waals surface area (Å²) in [5.74, 6) is -0.873. The molecule has 1 aromatic heterocycles. The highest BCUT2D eigenvalue weighted by atomic mass is 19.1. The van der Waals surface area contributed by atoms with Gasteiger partial charge in [-0.15, -0.1) is 0 Å². The minimum absolute atomic E-state index is 0.0527. The summed E-state index contributed by atoms with van der Waals surface area (Å²) in [5, 5.41) is 4.85. The van der Waals surface area contributed by atoms with E-state index < -0.39 is 41.2 Å². The second-order valence-corrected chi connectivity index (χ2v) is 13.6. The van der Waals surface area contributed by atoms with Gasteiger partial charge < -0.3 is 19.7 Å². The van der Waals surface area contributed by atoms with E-state index in [2.05, 4.69) is 15.5 Å². The van der Waals surface area contributed by atoms with Gasteiger partial charge in [0.15, 0.2) is 5.82 Å². The Bertz CT molecular complexity index is 1520. The number of carbonyl (C=O) groups excluding carboxylic acids is 3. The van der Waals surface area contributed by atoms with Gasteiger partial charge in [0.2, 0.25) is 11.8 Å². The van der Waals surface area contributed by atoms with Gasteiger partial charge in [-0.25, -0.2) is 14.0 Å². The normalized spacial score (nSPS) is 25.1. The number of carbonyl (C=O) groups is 3. The number of amides is 3. The summed E-state index contributed by atoms with van der Waals surface area (Å²) in [6, 6.07) is 1.24. The molecule has 2 N–H and O–H groups in total. The highest BCUT2D eigenvalue weighted by Crippen LogP contribution is 2.31. The molecule has 1 aromatic carbocycles. The van der Waals surface area contributed by atoms with Crippen molar-refractivity contribution >= 4 is 34.6 Å². The lowest BCUT2D eigenvalue weighted by molar-refractivity contribution is -0.135. The number of nitrogens with one attached hydrogen (secondary N) is 2. The lowest BCUT2D eigenvalue weighted by Crippen LogP contribution is -2.48. The van der Waals surface area contributed by atoms with Crippen LogP contribution in [0.25, 0.3) is 11.0 Å². The average Bonchev–Trinajstić information content (AvgIpc) is 3.22. The molecular weight excluding hydrogens is 583 g/mol. The number of imide groups is 1. The van der Waals surface area contributed by atoms with Crippen LogP contribution in [-0.2, 0) is 26.1 Å². The second-order valence-electron chi connectivity index (χ2n) is 13.6. The van der Waals surface area contributed by atoms with Crippen LogP contribution in [0.15, 0.2) is 16.9 Å². The quantitative estimate of drug-likeness (QED) is 0.426. The van der Waals surface area contributed by atoms with Gasteiger partial charge in [-0.3, -0.25) is 28.9 Å². The minimum Gasteiger partial charge on any atom is -0.444 e. The SMILES string of the molecule is [2H]C(C)(COC1CCC(CN2CCN(c3ccc4c(c3F)n(C)c(=O)n4C3CCC(=O)NC3=O)CC2)CC1)NC(=O)OC(C)(C)C. The number of ether oxygens (including phenoxy) is 2. The van der Waals surface area contributed by atoms with Crippen molar-refractivity contribution in [1.82, 2.24) is 24.7 Å². The van der Waals surface area contributed by atoms with Gasteiger partial charge in [0, 0.05) is 46.2 Å². The molecule has 1 aliphatic carbocycles. The highest BCUT2D eigenvalue weighted by Gasteiger charge is 2.33. The van der Waals surface area contributed by atoms with E-state index in [-0.39, 0.29) is 37.0 Å². The molecule has 3 heterocycles. The first kappa shape index (κ1) is 31.5. The number of rotatable bonds is 8. The fraction of sp³-hybridized carbons (Fsp3) is 0.688. The first-order valence-electron chi connectivity index (χ1n) is 16.4. The molecule has 3 fully saturated rings. The van der Waals surface area contributed by atoms with Gasteiger partial charge >= 0.3 is 11.8 Å². The summed E-state index contributed by atoms with van der Waals surface area (Å²) in [5.41, 5.74) is -0.195. The number of imidazole rings is 1. The maximum atomic E-state index is 16.0. The number of piperidine rings is 1. The van der Waals surface area contributed by atoms with Crippen LogP contribution in [-0.4, -0.2) is 89.0 Å². The van der Waals surface area contributed by atoms with E-state index in [0.29, 0.717) is 30.2 Å². The summed E-state index contributed by atoms with van der Waals surface area (Å²) in [6.45, 7) is 10.9. The van der Waals surface area contributed by atoms with Crippen molar-refractivity contribution in [3.63, 3.8) is 0 Å². The van der Waals surface area contributed by atoms with E-state index in [0.717, 1.165) is 45.3 Å². The Kier molecular flexibility index (Phi) is 9.46. The van der Waals surface area contributed by atoms with Crippen LogP contribution < -0.4 is 21.2 Å². The zero-order valence-electron chi connectivity index (χ0n) is 28.0. The second kappa shape index (κ2) is 13.5. The standard InChI is InChI=1S/C32H47FN6O6/c1-20(34-30(42)45-32(2,3)4)19-44-22-8-6-21(7-9-22)18-37-14-16-38(17-15-37)23-10-11-24-28(27(23)33)36(5)31(43)39(24)25-12-13-26(40)35-29(25)41/h10-11,20-22,25H,6-9,12-19H2,1-5H3,(H,34,42)(H,35,40,41)/i20D. The predicted octanol–water partition coefficient (Wildman–Crippen LogP) is 3.07. The number of aryl methyl sites for hydroxylation is 1. The fourth-order valence-corrected chi connectivity index (χ4v) is 6.67. The molecule has 3 amide bonds. The third-order valence-corrected chi connectivity index (χ3v) is 8.96. The zero-order valence-corrected chi connectivity index (χ0v) is 27.0. The molecule has 0 bridgehead atoms. The Hall–Kier alpha value is -3.45. The molecule has 0 spiro atoms. The molecule has 45 heavy (non-hydrogen) atoms. The van der Waals surface area contributed by atoms with Gasteiger partial charge in [-0.1, -0.05) is 0 Å². The van der Waals surface area contributed by atoms with Crippen LogP contribution in [0, 0.1) is 11.7 Å². The van der Waals surface area contributed by atoms with Gasteiger partial charge in [-0.2, -0.15) is 0 Å². The van der Waals surface area contributed by atoms with Crippen LogP contribution in [0.2, 0.25) is 0 Å². The number of fused-ring (bicyclic) bond motifs is 1. The number of anilines is 1. The van der Waals surface area contributed by atoms with Gasteiger partial charge in [0.05, 0.1) is 31.3 Å². The van der Waals surface area contributed by atoms with E-state index >= 15 is 4.39 Å². The smallest absolute Gasteiger partial charge is 0.407 e. The van der Waals surface area contributed by atoms with Gasteiger partial charge in [-0.05, 0) is 77.8 Å². The summed E-state index contributed by atoms with van der Waals surface area (Å²) in [6.07, 6.45) is 3.57. The van der Waals surface area contributed by atoms with Gasteiger partial charge in [0.25, 0.3) is 0 Å². The molecule has 2 aliphatic heterocycles. The Morgan fingerprint density at radius 2 is 1.80 bits per heavy atom. The molecule has 2 aromatic rings. The monoisotopic (exact) mass is 631 g/mol.